The van der Waals surface area contributed by atoms with Crippen LogP contribution in [-0.4, -0.2) is 46.9 Å². The number of imide groups is 1. The van der Waals surface area contributed by atoms with Gasteiger partial charge in [-0.3, -0.25) is 19.3 Å². The smallest absolute Gasteiger partial charge is 0.327 e. The third-order valence-corrected chi connectivity index (χ3v) is 4.77. The predicted octanol–water partition coefficient (Wildman–Crippen LogP) is 1.42. The summed E-state index contributed by atoms with van der Waals surface area (Å²) in [6, 6.07) is 4.46. The summed E-state index contributed by atoms with van der Waals surface area (Å²) in [6.07, 6.45) is 0.543. The topological polar surface area (TPSA) is 105 Å². The molecule has 27 heavy (non-hydrogen) atoms. The molecule has 2 aliphatic rings. The minimum atomic E-state index is -1.15. The molecule has 2 N–H and O–H groups in total. The fraction of sp³-hybridized carbons (Fsp3) is 0.444. The number of rotatable bonds is 6. The van der Waals surface area contributed by atoms with Gasteiger partial charge in [0.1, 0.15) is 17.9 Å². The summed E-state index contributed by atoms with van der Waals surface area (Å²) < 4.78 is 17.9. The minimum absolute atomic E-state index is 0.0791. The number of carbonyl (C=O) groups excluding carboxylic acids is 4. The highest BCUT2D eigenvalue weighted by molar-refractivity contribution is 6.09. The van der Waals surface area contributed by atoms with Crippen molar-refractivity contribution in [3.63, 3.8) is 0 Å². The normalized spacial score (nSPS) is 23.0. The molecule has 2 fully saturated rings. The molecule has 4 amide bonds. The van der Waals surface area contributed by atoms with Crippen molar-refractivity contribution in [3.8, 4) is 0 Å². The SMILES string of the molecule is C[C@H](OC(=O)CN1C(=O)N[C@@](C)(C2CC2)C1=O)C(=O)Nc1ccc(F)cc1. The second kappa shape index (κ2) is 6.98. The molecule has 9 heteroatoms. The molecule has 0 radical (unpaired) electrons. The van der Waals surface area contributed by atoms with Gasteiger partial charge in [-0.2, -0.15) is 0 Å². The Kier molecular flexibility index (Phi) is 4.86. The highest BCUT2D eigenvalue weighted by atomic mass is 19.1. The number of amides is 4. The van der Waals surface area contributed by atoms with E-state index in [-0.39, 0.29) is 5.92 Å². The van der Waals surface area contributed by atoms with Crippen LogP contribution in [0.5, 0.6) is 0 Å². The van der Waals surface area contributed by atoms with Crippen molar-refractivity contribution in [2.24, 2.45) is 5.92 Å². The van der Waals surface area contributed by atoms with E-state index in [1.807, 2.05) is 0 Å². The van der Waals surface area contributed by atoms with E-state index in [1.54, 1.807) is 6.92 Å². The van der Waals surface area contributed by atoms with Crippen molar-refractivity contribution in [1.29, 1.82) is 0 Å². The Morgan fingerprint density at radius 3 is 2.56 bits per heavy atom. The van der Waals surface area contributed by atoms with E-state index in [9.17, 15) is 23.6 Å². The molecule has 1 saturated heterocycles. The van der Waals surface area contributed by atoms with E-state index in [4.69, 9.17) is 4.74 Å². The van der Waals surface area contributed by atoms with Crippen LogP contribution in [0.2, 0.25) is 0 Å². The molecule has 1 heterocycles. The van der Waals surface area contributed by atoms with E-state index in [0.717, 1.165) is 17.7 Å². The van der Waals surface area contributed by atoms with Gasteiger partial charge < -0.3 is 15.4 Å². The lowest BCUT2D eigenvalue weighted by molar-refractivity contribution is -0.155. The van der Waals surface area contributed by atoms with Crippen LogP contribution in [0, 0.1) is 11.7 Å². The number of esters is 1. The Labute approximate surface area is 155 Å². The Morgan fingerprint density at radius 1 is 1.33 bits per heavy atom. The Hall–Kier alpha value is -2.97. The second-order valence-corrected chi connectivity index (χ2v) is 6.93. The van der Waals surface area contributed by atoms with E-state index in [2.05, 4.69) is 10.6 Å². The lowest BCUT2D eigenvalue weighted by Crippen LogP contribution is -2.46. The maximum atomic E-state index is 12.9. The summed E-state index contributed by atoms with van der Waals surface area (Å²) >= 11 is 0. The number of hydrogen-bond donors (Lipinski definition) is 2. The first-order valence-corrected chi connectivity index (χ1v) is 8.60. The van der Waals surface area contributed by atoms with Gasteiger partial charge in [-0.25, -0.2) is 9.18 Å². The highest BCUT2D eigenvalue weighted by Crippen LogP contribution is 2.42. The number of hydrogen-bond acceptors (Lipinski definition) is 5. The molecule has 0 aromatic heterocycles. The van der Waals surface area contributed by atoms with Crippen LogP contribution in [0.25, 0.3) is 0 Å². The lowest BCUT2D eigenvalue weighted by atomic mass is 9.96. The summed E-state index contributed by atoms with van der Waals surface area (Å²) in [5.74, 6) is -2.32. The number of ether oxygens (including phenoxy) is 1. The first-order valence-electron chi connectivity index (χ1n) is 8.60. The minimum Gasteiger partial charge on any atom is -0.451 e. The molecule has 1 aromatic carbocycles. The third kappa shape index (κ3) is 3.91. The van der Waals surface area contributed by atoms with Crippen LogP contribution < -0.4 is 10.6 Å². The van der Waals surface area contributed by atoms with Crippen molar-refractivity contribution < 1.29 is 28.3 Å². The van der Waals surface area contributed by atoms with Crippen LogP contribution in [-0.2, 0) is 19.1 Å². The Morgan fingerprint density at radius 2 is 1.96 bits per heavy atom. The molecule has 2 atom stereocenters. The van der Waals surface area contributed by atoms with Crippen molar-refractivity contribution in [1.82, 2.24) is 10.2 Å². The van der Waals surface area contributed by atoms with Gasteiger partial charge in [-0.05, 0) is 56.9 Å². The maximum Gasteiger partial charge on any atom is 0.327 e. The van der Waals surface area contributed by atoms with E-state index < -0.39 is 47.8 Å². The monoisotopic (exact) mass is 377 g/mol. The van der Waals surface area contributed by atoms with Crippen LogP contribution >= 0.6 is 0 Å². The molecular weight excluding hydrogens is 357 g/mol. The van der Waals surface area contributed by atoms with E-state index >= 15 is 0 Å². The molecule has 3 rings (SSSR count). The summed E-state index contributed by atoms with van der Waals surface area (Å²) in [6.45, 7) is 2.44. The van der Waals surface area contributed by atoms with Gasteiger partial charge in [0.15, 0.2) is 6.10 Å². The number of benzene rings is 1. The standard InChI is InChI=1S/C18H20FN3O5/c1-10(15(24)20-13-7-5-12(19)6-8-13)27-14(23)9-22-16(25)18(2,11-3-4-11)21-17(22)26/h5-8,10-11H,3-4,9H2,1-2H3,(H,20,24)(H,21,26)/t10-,18-/m0/s1. The zero-order valence-electron chi connectivity index (χ0n) is 15.0. The van der Waals surface area contributed by atoms with Gasteiger partial charge in [0, 0.05) is 5.69 Å². The van der Waals surface area contributed by atoms with E-state index in [0.29, 0.717) is 5.69 Å². The molecule has 0 unspecified atom stereocenters. The van der Waals surface area contributed by atoms with Gasteiger partial charge in [0.2, 0.25) is 0 Å². The fourth-order valence-corrected chi connectivity index (χ4v) is 2.99. The largest absolute Gasteiger partial charge is 0.451 e. The molecule has 1 aliphatic carbocycles. The van der Waals surface area contributed by atoms with Crippen LogP contribution in [0.4, 0.5) is 14.9 Å². The third-order valence-electron chi connectivity index (χ3n) is 4.77. The van der Waals surface area contributed by atoms with Crippen LogP contribution in [0.1, 0.15) is 26.7 Å². The molecule has 144 valence electrons. The summed E-state index contributed by atoms with van der Waals surface area (Å²) in [5.41, 5.74) is -0.637. The molecule has 1 aromatic rings. The number of nitrogens with one attached hydrogen (secondary N) is 2. The molecule has 1 saturated carbocycles. The zero-order chi connectivity index (χ0) is 19.8. The summed E-state index contributed by atoms with van der Waals surface area (Å²) in [7, 11) is 0. The molecule has 0 spiro atoms. The first-order chi connectivity index (χ1) is 12.7. The van der Waals surface area contributed by atoms with Gasteiger partial charge in [-0.1, -0.05) is 0 Å². The maximum absolute atomic E-state index is 12.9. The van der Waals surface area contributed by atoms with Gasteiger partial charge in [0.25, 0.3) is 11.8 Å². The number of anilines is 1. The van der Waals surface area contributed by atoms with Crippen molar-refractivity contribution >= 4 is 29.5 Å². The summed E-state index contributed by atoms with van der Waals surface area (Å²) in [5, 5.41) is 5.11. The average molecular weight is 377 g/mol. The number of nitrogens with zero attached hydrogens (tertiary/aromatic N) is 1. The van der Waals surface area contributed by atoms with Crippen LogP contribution in [0.3, 0.4) is 0 Å². The number of urea groups is 1. The Bertz CT molecular complexity index is 793. The fourth-order valence-electron chi connectivity index (χ4n) is 2.99. The molecule has 1 aliphatic heterocycles. The first kappa shape index (κ1) is 18.8. The Balaban J connectivity index is 1.54. The molecule has 8 nitrogen and oxygen atoms in total. The summed E-state index contributed by atoms with van der Waals surface area (Å²) in [4.78, 5) is 49.4. The molecular formula is C18H20FN3O5. The quantitative estimate of drug-likeness (QED) is 0.576. The van der Waals surface area contributed by atoms with Crippen molar-refractivity contribution in [2.45, 2.75) is 38.3 Å². The zero-order valence-corrected chi connectivity index (χ0v) is 15.0. The van der Waals surface area contributed by atoms with E-state index in [1.165, 1.54) is 31.2 Å². The van der Waals surface area contributed by atoms with Gasteiger partial charge in [-0.15, -0.1) is 0 Å². The van der Waals surface area contributed by atoms with Crippen molar-refractivity contribution in [2.75, 3.05) is 11.9 Å². The van der Waals surface area contributed by atoms with Crippen molar-refractivity contribution in [3.05, 3.63) is 30.1 Å². The number of halogens is 1. The predicted molar refractivity (Wildman–Crippen MR) is 92.0 cm³/mol. The second-order valence-electron chi connectivity index (χ2n) is 6.93. The highest BCUT2D eigenvalue weighted by Gasteiger charge is 2.56. The number of carbonyl (C=O) groups is 4. The van der Waals surface area contributed by atoms with Gasteiger partial charge >= 0.3 is 12.0 Å². The molecule has 0 bridgehead atoms. The average Bonchev–Trinajstić information content (AvgIpc) is 3.43. The van der Waals surface area contributed by atoms with Crippen LogP contribution in [0.15, 0.2) is 24.3 Å². The lowest BCUT2D eigenvalue weighted by Gasteiger charge is -2.21. The van der Waals surface area contributed by atoms with Gasteiger partial charge in [0.05, 0.1) is 0 Å².